The van der Waals surface area contributed by atoms with Crippen LogP contribution in [0.15, 0.2) is 188 Å². The van der Waals surface area contributed by atoms with E-state index in [1.54, 1.807) is 0 Å². The van der Waals surface area contributed by atoms with E-state index in [9.17, 15) is 5.26 Å². The third-order valence-corrected chi connectivity index (χ3v) is 11.3. The third kappa shape index (κ3) is 4.54. The Labute approximate surface area is 318 Å². The molecule has 1 aliphatic carbocycles. The van der Waals surface area contributed by atoms with Gasteiger partial charge in [0, 0.05) is 27.9 Å². The lowest BCUT2D eigenvalue weighted by Gasteiger charge is -2.40. The monoisotopic (exact) mass is 701 g/mol. The average molecular weight is 702 g/mol. The van der Waals surface area contributed by atoms with Crippen LogP contribution in [-0.4, -0.2) is 9.55 Å². The standard InChI is InChI=1S/C51H31N3O/c52-32-33-21-23-35(24-22-33)39-15-10-18-44-49(39)55-48-30-29-37(31-45(48)51(44)42-16-6-4-13-40(42)41-14-5-7-17-43(41)51)34-25-27-36(28-26-34)50-53-46-19-8-9-20-47(46)54(50)38-11-2-1-3-12-38/h1-31H. The van der Waals surface area contributed by atoms with E-state index in [0.29, 0.717) is 5.56 Å². The Hall–Kier alpha value is -7.48. The van der Waals surface area contributed by atoms with Crippen LogP contribution in [0.4, 0.5) is 0 Å². The number of rotatable bonds is 4. The molecular weight excluding hydrogens is 671 g/mol. The molecular formula is C51H31N3O. The molecule has 0 N–H and O–H groups in total. The number of ether oxygens (including phenoxy) is 1. The fourth-order valence-electron chi connectivity index (χ4n) is 8.93. The van der Waals surface area contributed by atoms with Crippen molar-refractivity contribution >= 4 is 11.0 Å². The van der Waals surface area contributed by atoms with Gasteiger partial charge in [0.1, 0.15) is 17.3 Å². The Kier molecular flexibility index (Phi) is 6.80. The first-order valence-corrected chi connectivity index (χ1v) is 18.5. The second-order valence-corrected chi connectivity index (χ2v) is 14.2. The van der Waals surface area contributed by atoms with Crippen molar-refractivity contribution in [3.05, 3.63) is 216 Å². The van der Waals surface area contributed by atoms with Crippen molar-refractivity contribution in [3.63, 3.8) is 0 Å². The molecule has 11 rings (SSSR count). The van der Waals surface area contributed by atoms with Crippen LogP contribution in [0, 0.1) is 11.3 Å². The van der Waals surface area contributed by atoms with E-state index < -0.39 is 5.41 Å². The first-order valence-electron chi connectivity index (χ1n) is 18.5. The predicted molar refractivity (Wildman–Crippen MR) is 219 cm³/mol. The van der Waals surface area contributed by atoms with Crippen molar-refractivity contribution in [2.45, 2.75) is 5.41 Å². The molecule has 1 aliphatic heterocycles. The highest BCUT2D eigenvalue weighted by atomic mass is 16.5. The normalized spacial score (nSPS) is 13.0. The van der Waals surface area contributed by atoms with E-state index in [4.69, 9.17) is 9.72 Å². The maximum atomic E-state index is 9.50. The van der Waals surface area contributed by atoms with Gasteiger partial charge in [-0.3, -0.25) is 4.57 Å². The van der Waals surface area contributed by atoms with E-state index in [-0.39, 0.29) is 0 Å². The minimum absolute atomic E-state index is 0.616. The summed E-state index contributed by atoms with van der Waals surface area (Å²) in [6.45, 7) is 0. The molecule has 0 amide bonds. The quantitative estimate of drug-likeness (QED) is 0.184. The van der Waals surface area contributed by atoms with Gasteiger partial charge >= 0.3 is 0 Å². The van der Waals surface area contributed by atoms with Crippen LogP contribution in [0.2, 0.25) is 0 Å². The molecule has 1 spiro atoms. The molecule has 0 fully saturated rings. The fraction of sp³-hybridized carbons (Fsp3) is 0.0196. The summed E-state index contributed by atoms with van der Waals surface area (Å²) in [6, 6.07) is 68.3. The van der Waals surface area contributed by atoms with Crippen molar-refractivity contribution in [1.82, 2.24) is 9.55 Å². The molecule has 55 heavy (non-hydrogen) atoms. The van der Waals surface area contributed by atoms with Crippen molar-refractivity contribution < 1.29 is 4.74 Å². The van der Waals surface area contributed by atoms with E-state index in [0.717, 1.165) is 73.0 Å². The molecule has 9 aromatic rings. The smallest absolute Gasteiger partial charge is 0.145 e. The first kappa shape index (κ1) is 31.1. The van der Waals surface area contributed by atoms with Crippen LogP contribution < -0.4 is 4.74 Å². The van der Waals surface area contributed by atoms with Crippen LogP contribution in [0.1, 0.15) is 27.8 Å². The molecule has 2 heterocycles. The Morgan fingerprint density at radius 2 is 1.09 bits per heavy atom. The summed E-state index contributed by atoms with van der Waals surface area (Å²) in [7, 11) is 0. The van der Waals surface area contributed by atoms with Gasteiger partial charge in [0.05, 0.1) is 28.1 Å². The van der Waals surface area contributed by atoms with Gasteiger partial charge in [0.2, 0.25) is 0 Å². The average Bonchev–Trinajstić information content (AvgIpc) is 3.79. The molecule has 0 atom stereocenters. The van der Waals surface area contributed by atoms with Crippen molar-refractivity contribution in [3.8, 4) is 68.0 Å². The lowest BCUT2D eigenvalue weighted by Crippen LogP contribution is -2.32. The summed E-state index contributed by atoms with van der Waals surface area (Å²) in [4.78, 5) is 5.10. The van der Waals surface area contributed by atoms with E-state index in [1.165, 1.54) is 22.3 Å². The second kappa shape index (κ2) is 12.0. The Balaban J connectivity index is 1.09. The van der Waals surface area contributed by atoms with Gasteiger partial charge in [-0.15, -0.1) is 0 Å². The molecule has 0 saturated carbocycles. The van der Waals surface area contributed by atoms with Gasteiger partial charge in [-0.25, -0.2) is 4.98 Å². The maximum Gasteiger partial charge on any atom is 0.145 e. The number of aromatic nitrogens is 2. The predicted octanol–water partition coefficient (Wildman–Crippen LogP) is 12.4. The van der Waals surface area contributed by atoms with E-state index in [2.05, 4.69) is 162 Å². The molecule has 0 saturated heterocycles. The van der Waals surface area contributed by atoms with E-state index in [1.807, 2.05) is 36.4 Å². The number of hydrogen-bond acceptors (Lipinski definition) is 3. The van der Waals surface area contributed by atoms with Gasteiger partial charge in [0.25, 0.3) is 0 Å². The number of benzene rings is 8. The SMILES string of the molecule is N#Cc1ccc(-c2cccc3c2Oc2ccc(-c4ccc(-c5nc6ccccc6n5-c5ccccc5)cc4)cc2C32c3ccccc3-c3ccccc32)cc1. The number of imidazole rings is 1. The second-order valence-electron chi connectivity index (χ2n) is 14.2. The summed E-state index contributed by atoms with van der Waals surface area (Å²) in [6.07, 6.45) is 0. The molecule has 0 bridgehead atoms. The fourth-order valence-corrected chi connectivity index (χ4v) is 8.93. The first-order chi connectivity index (χ1) is 27.2. The molecule has 256 valence electrons. The summed E-state index contributed by atoms with van der Waals surface area (Å²) in [5.41, 5.74) is 15.6. The molecule has 4 heteroatoms. The highest BCUT2D eigenvalue weighted by molar-refractivity contribution is 5.91. The minimum Gasteiger partial charge on any atom is -0.456 e. The van der Waals surface area contributed by atoms with Crippen LogP contribution in [0.3, 0.4) is 0 Å². The lowest BCUT2D eigenvalue weighted by atomic mass is 9.65. The third-order valence-electron chi connectivity index (χ3n) is 11.3. The van der Waals surface area contributed by atoms with Crippen LogP contribution in [0.5, 0.6) is 11.5 Å². The number of hydrogen-bond donors (Lipinski definition) is 0. The van der Waals surface area contributed by atoms with Gasteiger partial charge < -0.3 is 4.74 Å². The van der Waals surface area contributed by atoms with Crippen LogP contribution in [0.25, 0.3) is 61.5 Å². The lowest BCUT2D eigenvalue weighted by molar-refractivity contribution is 0.438. The van der Waals surface area contributed by atoms with Crippen molar-refractivity contribution in [2.24, 2.45) is 0 Å². The molecule has 4 nitrogen and oxygen atoms in total. The molecule has 2 aliphatic rings. The molecule has 0 radical (unpaired) electrons. The van der Waals surface area contributed by atoms with Crippen LogP contribution >= 0.6 is 0 Å². The Morgan fingerprint density at radius 3 is 1.84 bits per heavy atom. The van der Waals surface area contributed by atoms with Crippen molar-refractivity contribution in [1.29, 1.82) is 5.26 Å². The highest BCUT2D eigenvalue weighted by Gasteiger charge is 2.51. The molecule has 8 aromatic carbocycles. The number of nitriles is 1. The zero-order valence-electron chi connectivity index (χ0n) is 29.6. The molecule has 0 unspecified atom stereocenters. The number of nitrogens with zero attached hydrogens (tertiary/aromatic N) is 3. The summed E-state index contributed by atoms with van der Waals surface area (Å²) < 4.78 is 9.25. The van der Waals surface area contributed by atoms with Gasteiger partial charge in [-0.2, -0.15) is 5.26 Å². The minimum atomic E-state index is -0.616. The van der Waals surface area contributed by atoms with Crippen molar-refractivity contribution in [2.75, 3.05) is 0 Å². The zero-order chi connectivity index (χ0) is 36.5. The van der Waals surface area contributed by atoms with Gasteiger partial charge in [-0.05, 0) is 87.5 Å². The van der Waals surface area contributed by atoms with Crippen LogP contribution in [-0.2, 0) is 5.41 Å². The number of para-hydroxylation sites is 4. The Morgan fingerprint density at radius 1 is 0.491 bits per heavy atom. The molecule has 1 aromatic heterocycles. The zero-order valence-corrected chi connectivity index (χ0v) is 29.6. The van der Waals surface area contributed by atoms with Gasteiger partial charge in [-0.1, -0.05) is 140 Å². The Bertz CT molecular complexity index is 2960. The largest absolute Gasteiger partial charge is 0.456 e. The maximum absolute atomic E-state index is 9.50. The highest BCUT2D eigenvalue weighted by Crippen LogP contribution is 2.63. The van der Waals surface area contributed by atoms with E-state index >= 15 is 0 Å². The topological polar surface area (TPSA) is 50.8 Å². The van der Waals surface area contributed by atoms with Gasteiger partial charge in [0.15, 0.2) is 0 Å². The summed E-state index contributed by atoms with van der Waals surface area (Å²) in [5, 5.41) is 9.50. The summed E-state index contributed by atoms with van der Waals surface area (Å²) in [5.74, 6) is 2.58. The summed E-state index contributed by atoms with van der Waals surface area (Å²) >= 11 is 0. The number of fused-ring (bicyclic) bond motifs is 10.